The van der Waals surface area contributed by atoms with Gasteiger partial charge in [-0.25, -0.2) is 4.98 Å². The summed E-state index contributed by atoms with van der Waals surface area (Å²) in [7, 11) is 0. The number of hydrogen-bond donors (Lipinski definition) is 1. The van der Waals surface area contributed by atoms with Crippen LogP contribution in [0.5, 0.6) is 0 Å². The van der Waals surface area contributed by atoms with Crippen LogP contribution >= 0.6 is 22.6 Å². The lowest BCUT2D eigenvalue weighted by Gasteiger charge is -1.86. The van der Waals surface area contributed by atoms with Gasteiger partial charge in [-0.2, -0.15) is 0 Å². The summed E-state index contributed by atoms with van der Waals surface area (Å²) >= 11 is 2.06. The van der Waals surface area contributed by atoms with E-state index >= 15 is 0 Å². The van der Waals surface area contributed by atoms with Crippen LogP contribution in [0.15, 0.2) is 12.4 Å². The van der Waals surface area contributed by atoms with Gasteiger partial charge >= 0.3 is 0 Å². The third-order valence-corrected chi connectivity index (χ3v) is 1.67. The van der Waals surface area contributed by atoms with Crippen LogP contribution in [-0.2, 0) is 0 Å². The molecule has 4 heteroatoms. The quantitative estimate of drug-likeness (QED) is 0.529. The van der Waals surface area contributed by atoms with E-state index in [1.165, 1.54) is 0 Å². The molecule has 0 atom stereocenters. The van der Waals surface area contributed by atoms with Crippen molar-refractivity contribution in [1.82, 2.24) is 9.55 Å². The number of aromatic nitrogens is 2. The fourth-order valence-corrected chi connectivity index (χ4v) is 0.931. The van der Waals surface area contributed by atoms with Crippen molar-refractivity contribution in [1.29, 1.82) is 0 Å². The summed E-state index contributed by atoms with van der Waals surface area (Å²) in [6.07, 6.45) is 3.40. The average Bonchev–Trinajstić information content (AvgIpc) is 2.31. The minimum absolute atomic E-state index is 0.117. The normalized spacial score (nSPS) is 8.60. The highest BCUT2D eigenvalue weighted by atomic mass is 127. The van der Waals surface area contributed by atoms with Gasteiger partial charge in [0, 0.05) is 41.0 Å². The Morgan fingerprint density at radius 3 is 3.10 bits per heavy atom. The van der Waals surface area contributed by atoms with E-state index in [1.807, 2.05) is 0 Å². The molecular formula is C6H5IN2O. The summed E-state index contributed by atoms with van der Waals surface area (Å²) < 4.78 is 2.45. The topological polar surface area (TPSA) is 38.0 Å². The van der Waals surface area contributed by atoms with Gasteiger partial charge in [-0.3, -0.25) is 4.57 Å². The molecule has 3 nitrogen and oxygen atoms in total. The molecule has 52 valence electrons. The molecule has 1 aromatic rings. The van der Waals surface area contributed by atoms with Crippen molar-refractivity contribution in [3.05, 3.63) is 16.2 Å². The Hall–Kier alpha value is -0.540. The maximum absolute atomic E-state index is 8.35. The maximum Gasteiger partial charge on any atom is 0.183 e. The van der Waals surface area contributed by atoms with Crippen molar-refractivity contribution < 1.29 is 5.11 Å². The lowest BCUT2D eigenvalue weighted by Crippen LogP contribution is -1.89. The number of halogens is 1. The first kappa shape index (κ1) is 7.57. The molecule has 1 heterocycles. The second-order valence-electron chi connectivity index (χ2n) is 1.51. The van der Waals surface area contributed by atoms with Gasteiger partial charge in [0.05, 0.1) is 0 Å². The molecule has 0 aliphatic heterocycles. The van der Waals surface area contributed by atoms with E-state index in [-0.39, 0.29) is 6.61 Å². The fraction of sp³-hybridized carbons (Fsp3) is 0.167. The molecule has 1 N–H and O–H groups in total. The lowest BCUT2D eigenvalue weighted by molar-refractivity contribution is 0.350. The van der Waals surface area contributed by atoms with E-state index in [0.29, 0.717) is 0 Å². The van der Waals surface area contributed by atoms with Crippen LogP contribution in [-0.4, -0.2) is 21.3 Å². The molecule has 1 aromatic heterocycles. The minimum Gasteiger partial charge on any atom is -0.384 e. The Labute approximate surface area is 72.2 Å². The molecule has 0 spiro atoms. The number of imidazole rings is 1. The minimum atomic E-state index is -0.117. The summed E-state index contributed by atoms with van der Waals surface area (Å²) in [5.41, 5.74) is 0. The Morgan fingerprint density at radius 2 is 2.60 bits per heavy atom. The molecular weight excluding hydrogens is 243 g/mol. The molecule has 0 saturated heterocycles. The summed E-state index contributed by atoms with van der Waals surface area (Å²) in [4.78, 5) is 3.94. The largest absolute Gasteiger partial charge is 0.384 e. The fourth-order valence-electron chi connectivity index (χ4n) is 0.489. The monoisotopic (exact) mass is 248 g/mol. The molecule has 0 amide bonds. The van der Waals surface area contributed by atoms with Crippen molar-refractivity contribution in [2.45, 2.75) is 0 Å². The molecule has 10 heavy (non-hydrogen) atoms. The molecule has 0 unspecified atom stereocenters. The van der Waals surface area contributed by atoms with Gasteiger partial charge in [0.1, 0.15) is 6.61 Å². The second-order valence-corrected chi connectivity index (χ2v) is 2.48. The van der Waals surface area contributed by atoms with Crippen molar-refractivity contribution in [2.75, 3.05) is 6.61 Å². The van der Waals surface area contributed by atoms with Crippen molar-refractivity contribution >= 4 is 22.6 Å². The van der Waals surface area contributed by atoms with Crippen LogP contribution in [0.2, 0.25) is 0 Å². The first-order valence-corrected chi connectivity index (χ1v) is 3.71. The van der Waals surface area contributed by atoms with Gasteiger partial charge in [-0.15, -0.1) is 0 Å². The van der Waals surface area contributed by atoms with Crippen molar-refractivity contribution in [3.63, 3.8) is 0 Å². The Bertz CT molecular complexity index is 271. The van der Waals surface area contributed by atoms with E-state index in [1.54, 1.807) is 17.0 Å². The Morgan fingerprint density at radius 1 is 1.80 bits per heavy atom. The molecule has 0 aromatic carbocycles. The zero-order chi connectivity index (χ0) is 7.40. The average molecular weight is 248 g/mol. The zero-order valence-electron chi connectivity index (χ0n) is 5.08. The predicted octanol–water partition coefficient (Wildman–Crippen LogP) is 0.289. The van der Waals surface area contributed by atoms with Gasteiger partial charge in [0.2, 0.25) is 0 Å². The number of hydrogen-bond acceptors (Lipinski definition) is 2. The molecule has 0 aliphatic rings. The molecule has 1 rings (SSSR count). The van der Waals surface area contributed by atoms with Crippen LogP contribution in [0.25, 0.3) is 0 Å². The van der Waals surface area contributed by atoms with Crippen LogP contribution in [0.4, 0.5) is 0 Å². The van der Waals surface area contributed by atoms with E-state index < -0.39 is 0 Å². The highest BCUT2D eigenvalue weighted by molar-refractivity contribution is 14.1. The summed E-state index contributed by atoms with van der Waals surface area (Å²) in [5, 5.41) is 8.35. The zero-order valence-corrected chi connectivity index (χ0v) is 7.24. The number of aliphatic hydroxyl groups excluding tert-OH is 1. The molecule has 0 radical (unpaired) electrons. The molecule has 0 aliphatic carbocycles. The SMILES string of the molecule is OCC#Cn1ccnc1I. The van der Waals surface area contributed by atoms with Crippen LogP contribution in [0.1, 0.15) is 0 Å². The Balaban J connectivity index is 2.84. The van der Waals surface area contributed by atoms with E-state index in [0.717, 1.165) is 3.83 Å². The highest BCUT2D eigenvalue weighted by Gasteiger charge is 1.90. The smallest absolute Gasteiger partial charge is 0.183 e. The van der Waals surface area contributed by atoms with Gasteiger partial charge < -0.3 is 5.11 Å². The van der Waals surface area contributed by atoms with E-state index in [2.05, 4.69) is 39.5 Å². The summed E-state index contributed by atoms with van der Waals surface area (Å²) in [6.45, 7) is -0.117. The second kappa shape index (κ2) is 3.58. The first-order chi connectivity index (χ1) is 4.84. The maximum atomic E-state index is 8.35. The van der Waals surface area contributed by atoms with Gasteiger partial charge in [-0.05, 0) is 0 Å². The Kier molecular flexibility index (Phi) is 2.71. The predicted molar refractivity (Wildman–Crippen MR) is 45.2 cm³/mol. The molecule has 0 saturated carbocycles. The highest BCUT2D eigenvalue weighted by Crippen LogP contribution is 1.97. The van der Waals surface area contributed by atoms with Gasteiger partial charge in [0.25, 0.3) is 0 Å². The van der Waals surface area contributed by atoms with Crippen molar-refractivity contribution in [3.8, 4) is 12.0 Å². The van der Waals surface area contributed by atoms with E-state index in [9.17, 15) is 0 Å². The molecule has 0 fully saturated rings. The summed E-state index contributed by atoms with van der Waals surface area (Å²) in [6, 6.07) is 2.69. The van der Waals surface area contributed by atoms with Crippen LogP contribution < -0.4 is 0 Å². The number of aliphatic hydroxyl groups is 1. The first-order valence-electron chi connectivity index (χ1n) is 2.63. The number of rotatable bonds is 0. The van der Waals surface area contributed by atoms with Crippen LogP contribution in [0.3, 0.4) is 0 Å². The van der Waals surface area contributed by atoms with Gasteiger partial charge in [-0.1, -0.05) is 5.92 Å². The summed E-state index contributed by atoms with van der Waals surface area (Å²) in [5.74, 6) is 2.52. The van der Waals surface area contributed by atoms with Crippen LogP contribution in [0, 0.1) is 15.8 Å². The van der Waals surface area contributed by atoms with E-state index in [4.69, 9.17) is 5.11 Å². The number of nitrogens with zero attached hydrogens (tertiary/aromatic N) is 2. The lowest BCUT2D eigenvalue weighted by atomic mass is 10.7. The van der Waals surface area contributed by atoms with Crippen molar-refractivity contribution in [2.24, 2.45) is 0 Å². The standard InChI is InChI=1S/C6H5IN2O/c7-6-8-2-4-9(6)3-1-5-10/h2,4,10H,5H2. The van der Waals surface area contributed by atoms with Gasteiger partial charge in [0.15, 0.2) is 3.83 Å². The third kappa shape index (κ3) is 1.72. The molecule has 0 bridgehead atoms. The third-order valence-electron chi connectivity index (χ3n) is 0.874.